The number of aromatic nitrogens is 2. The first-order chi connectivity index (χ1) is 11.6. The maximum absolute atomic E-state index is 11.5. The first-order valence-corrected chi connectivity index (χ1v) is 8.72. The van der Waals surface area contributed by atoms with Crippen LogP contribution in [-0.4, -0.2) is 71.1 Å². The summed E-state index contributed by atoms with van der Waals surface area (Å²) in [5, 5.41) is 0. The largest absolute Gasteiger partial charge is 0.380 e. The summed E-state index contributed by atoms with van der Waals surface area (Å²) in [6, 6.07) is 2.08. The van der Waals surface area contributed by atoms with Gasteiger partial charge in [0.2, 0.25) is 5.91 Å². The lowest BCUT2D eigenvalue weighted by Crippen LogP contribution is -2.48. The highest BCUT2D eigenvalue weighted by Crippen LogP contribution is 2.21. The zero-order valence-corrected chi connectivity index (χ0v) is 14.2. The number of likely N-dealkylation sites (tertiary alicyclic amines) is 1. The van der Waals surface area contributed by atoms with Crippen LogP contribution in [-0.2, 0) is 16.0 Å². The third kappa shape index (κ3) is 4.42. The number of rotatable bonds is 3. The molecule has 24 heavy (non-hydrogen) atoms. The summed E-state index contributed by atoms with van der Waals surface area (Å²) in [7, 11) is 0. The van der Waals surface area contributed by atoms with Crippen LogP contribution in [0, 0.1) is 5.92 Å². The Morgan fingerprint density at radius 3 is 2.88 bits per heavy atom. The van der Waals surface area contributed by atoms with Gasteiger partial charge in [-0.2, -0.15) is 0 Å². The van der Waals surface area contributed by atoms with Crippen LogP contribution < -0.4 is 5.56 Å². The van der Waals surface area contributed by atoms with E-state index in [0.29, 0.717) is 18.6 Å². The summed E-state index contributed by atoms with van der Waals surface area (Å²) in [5.41, 5.74) is 0.712. The van der Waals surface area contributed by atoms with Crippen LogP contribution in [0.3, 0.4) is 0 Å². The number of ether oxygens (including phenoxy) is 1. The van der Waals surface area contributed by atoms with Crippen molar-refractivity contribution >= 4 is 5.91 Å². The van der Waals surface area contributed by atoms with E-state index in [4.69, 9.17) is 4.74 Å². The predicted octanol–water partition coefficient (Wildman–Crippen LogP) is 0.272. The van der Waals surface area contributed by atoms with E-state index in [0.717, 1.165) is 57.7 Å². The van der Waals surface area contributed by atoms with Crippen molar-refractivity contribution < 1.29 is 9.53 Å². The SMILES string of the molecule is CC(=O)N1CCC(N2CCOC[C@@H](Cc3cc(=O)[nH]cn3)C2)CC1. The number of piperidine rings is 1. The second-order valence-electron chi connectivity index (χ2n) is 6.78. The smallest absolute Gasteiger partial charge is 0.250 e. The molecule has 1 amide bonds. The molecule has 132 valence electrons. The lowest BCUT2D eigenvalue weighted by atomic mass is 9.99. The van der Waals surface area contributed by atoms with Crippen molar-refractivity contribution in [1.82, 2.24) is 19.8 Å². The summed E-state index contributed by atoms with van der Waals surface area (Å²) in [6.07, 6.45) is 4.27. The molecule has 7 heteroatoms. The number of amides is 1. The first kappa shape index (κ1) is 17.1. The van der Waals surface area contributed by atoms with Crippen LogP contribution in [0.5, 0.6) is 0 Å². The number of carbonyl (C=O) groups is 1. The quantitative estimate of drug-likeness (QED) is 0.858. The maximum atomic E-state index is 11.5. The van der Waals surface area contributed by atoms with Crippen LogP contribution in [0.25, 0.3) is 0 Å². The Kier molecular flexibility index (Phi) is 5.63. The van der Waals surface area contributed by atoms with Gasteiger partial charge in [-0.25, -0.2) is 4.98 Å². The van der Waals surface area contributed by atoms with Crippen molar-refractivity contribution in [3.05, 3.63) is 28.4 Å². The molecule has 0 aromatic carbocycles. The maximum Gasteiger partial charge on any atom is 0.250 e. The zero-order chi connectivity index (χ0) is 16.9. The second kappa shape index (κ2) is 7.90. The van der Waals surface area contributed by atoms with E-state index in [-0.39, 0.29) is 11.5 Å². The molecule has 1 N–H and O–H groups in total. The molecule has 0 radical (unpaired) electrons. The van der Waals surface area contributed by atoms with E-state index in [1.165, 1.54) is 6.33 Å². The minimum atomic E-state index is -0.108. The van der Waals surface area contributed by atoms with Gasteiger partial charge >= 0.3 is 0 Å². The van der Waals surface area contributed by atoms with Crippen molar-refractivity contribution in [1.29, 1.82) is 0 Å². The van der Waals surface area contributed by atoms with Gasteiger partial charge in [-0.05, 0) is 19.3 Å². The number of hydrogen-bond donors (Lipinski definition) is 1. The Bertz CT molecular complexity index is 610. The first-order valence-electron chi connectivity index (χ1n) is 8.72. The van der Waals surface area contributed by atoms with Gasteiger partial charge in [-0.1, -0.05) is 0 Å². The van der Waals surface area contributed by atoms with Gasteiger partial charge < -0.3 is 14.6 Å². The number of H-pyrrole nitrogens is 1. The van der Waals surface area contributed by atoms with Gasteiger partial charge in [0.05, 0.1) is 19.5 Å². The molecule has 2 saturated heterocycles. The summed E-state index contributed by atoms with van der Waals surface area (Å²) in [6.45, 7) is 6.67. The summed E-state index contributed by atoms with van der Waals surface area (Å²) < 4.78 is 5.77. The third-order valence-electron chi connectivity index (χ3n) is 5.03. The fourth-order valence-electron chi connectivity index (χ4n) is 3.72. The van der Waals surface area contributed by atoms with Crippen molar-refractivity contribution in [2.45, 2.75) is 32.2 Å². The van der Waals surface area contributed by atoms with Crippen LogP contribution >= 0.6 is 0 Å². The van der Waals surface area contributed by atoms with Gasteiger partial charge in [0.15, 0.2) is 0 Å². The van der Waals surface area contributed by atoms with Crippen LogP contribution in [0.4, 0.5) is 0 Å². The minimum Gasteiger partial charge on any atom is -0.380 e. The van der Waals surface area contributed by atoms with E-state index in [9.17, 15) is 9.59 Å². The monoisotopic (exact) mass is 334 g/mol. The highest BCUT2D eigenvalue weighted by Gasteiger charge is 2.29. The van der Waals surface area contributed by atoms with Crippen LogP contribution in [0.2, 0.25) is 0 Å². The number of nitrogens with one attached hydrogen (secondary N) is 1. The van der Waals surface area contributed by atoms with Gasteiger partial charge in [-0.15, -0.1) is 0 Å². The van der Waals surface area contributed by atoms with Crippen molar-refractivity contribution in [3.63, 3.8) is 0 Å². The molecule has 0 saturated carbocycles. The number of aromatic amines is 1. The molecular formula is C17H26N4O3. The second-order valence-corrected chi connectivity index (χ2v) is 6.78. The van der Waals surface area contributed by atoms with E-state index in [1.807, 2.05) is 4.90 Å². The van der Waals surface area contributed by atoms with Gasteiger partial charge in [0.1, 0.15) is 0 Å². The average molecular weight is 334 g/mol. The molecule has 0 spiro atoms. The molecule has 1 aromatic rings. The normalized spacial score (nSPS) is 23.9. The molecule has 0 bridgehead atoms. The molecular weight excluding hydrogens is 308 g/mol. The molecule has 2 fully saturated rings. The Morgan fingerprint density at radius 2 is 2.17 bits per heavy atom. The molecule has 0 aliphatic carbocycles. The summed E-state index contributed by atoms with van der Waals surface area (Å²) >= 11 is 0. The molecule has 0 unspecified atom stereocenters. The highest BCUT2D eigenvalue weighted by molar-refractivity contribution is 5.73. The Morgan fingerprint density at radius 1 is 1.38 bits per heavy atom. The Labute approximate surface area is 142 Å². The number of carbonyl (C=O) groups excluding carboxylic acids is 1. The molecule has 1 atom stereocenters. The molecule has 2 aliphatic heterocycles. The number of nitrogens with zero attached hydrogens (tertiary/aromatic N) is 3. The minimum absolute atomic E-state index is 0.108. The van der Waals surface area contributed by atoms with Crippen molar-refractivity contribution in [2.75, 3.05) is 39.4 Å². The van der Waals surface area contributed by atoms with Gasteiger partial charge in [-0.3, -0.25) is 14.5 Å². The molecule has 3 rings (SSSR count). The van der Waals surface area contributed by atoms with E-state index in [1.54, 1.807) is 13.0 Å². The average Bonchev–Trinajstić information content (AvgIpc) is 2.80. The molecule has 7 nitrogen and oxygen atoms in total. The summed E-state index contributed by atoms with van der Waals surface area (Å²) in [5.74, 6) is 0.513. The zero-order valence-electron chi connectivity index (χ0n) is 14.2. The molecule has 1 aromatic heterocycles. The predicted molar refractivity (Wildman–Crippen MR) is 89.7 cm³/mol. The summed E-state index contributed by atoms with van der Waals surface area (Å²) in [4.78, 5) is 34.2. The van der Waals surface area contributed by atoms with Gasteiger partial charge in [0, 0.05) is 56.8 Å². The highest BCUT2D eigenvalue weighted by atomic mass is 16.5. The fraction of sp³-hybridized carbons (Fsp3) is 0.706. The van der Waals surface area contributed by atoms with E-state index < -0.39 is 0 Å². The molecule has 2 aliphatic rings. The van der Waals surface area contributed by atoms with Crippen molar-refractivity contribution in [2.24, 2.45) is 5.92 Å². The fourth-order valence-corrected chi connectivity index (χ4v) is 3.72. The van der Waals surface area contributed by atoms with E-state index in [2.05, 4.69) is 14.9 Å². The lowest BCUT2D eigenvalue weighted by Gasteiger charge is -2.38. The Hall–Kier alpha value is -1.73. The molecule has 3 heterocycles. The standard InChI is InChI=1S/C17H26N4O3/c1-13(22)20-4-2-16(3-5-20)21-6-7-24-11-14(10-21)8-15-9-17(23)19-12-18-15/h9,12,14,16H,2-8,10-11H2,1H3,(H,18,19,23)/t14-/m0/s1. The van der Waals surface area contributed by atoms with Crippen LogP contribution in [0.15, 0.2) is 17.2 Å². The topological polar surface area (TPSA) is 78.5 Å². The van der Waals surface area contributed by atoms with Gasteiger partial charge in [0.25, 0.3) is 5.56 Å². The lowest BCUT2D eigenvalue weighted by molar-refractivity contribution is -0.130. The van der Waals surface area contributed by atoms with Crippen molar-refractivity contribution in [3.8, 4) is 0 Å². The van der Waals surface area contributed by atoms with E-state index >= 15 is 0 Å². The Balaban J connectivity index is 1.59. The van der Waals surface area contributed by atoms with Crippen LogP contribution in [0.1, 0.15) is 25.5 Å². The third-order valence-corrected chi connectivity index (χ3v) is 5.03. The number of hydrogen-bond acceptors (Lipinski definition) is 5.